The summed E-state index contributed by atoms with van der Waals surface area (Å²) in [5.41, 5.74) is 3.44. The van der Waals surface area contributed by atoms with Gasteiger partial charge in [0.2, 0.25) is 0 Å². The fourth-order valence-electron chi connectivity index (χ4n) is 0.717. The summed E-state index contributed by atoms with van der Waals surface area (Å²) in [4.78, 5) is 10.7. The van der Waals surface area contributed by atoms with Crippen LogP contribution >= 0.6 is 27.5 Å². The molecule has 74 valence electrons. The lowest BCUT2D eigenvalue weighted by atomic mass is 10.3. The molecule has 0 radical (unpaired) electrons. The molecule has 3 nitrogen and oxygen atoms in total. The van der Waals surface area contributed by atoms with E-state index in [9.17, 15) is 4.79 Å². The molecule has 0 saturated heterocycles. The first-order chi connectivity index (χ1) is 6.59. The van der Waals surface area contributed by atoms with Crippen LogP contribution in [0.3, 0.4) is 0 Å². The van der Waals surface area contributed by atoms with Crippen LogP contribution in [0.2, 0.25) is 0 Å². The highest BCUT2D eigenvalue weighted by Crippen LogP contribution is 2.13. The summed E-state index contributed by atoms with van der Waals surface area (Å²) in [6, 6.07) is 7.36. The van der Waals surface area contributed by atoms with E-state index in [2.05, 4.69) is 26.5 Å². The number of benzene rings is 1. The van der Waals surface area contributed by atoms with Gasteiger partial charge in [0.1, 0.15) is 0 Å². The Kier molecular flexibility index (Phi) is 4.10. The van der Waals surface area contributed by atoms with E-state index >= 15 is 0 Å². The quantitative estimate of drug-likeness (QED) is 0.680. The molecule has 0 aromatic heterocycles. The van der Waals surface area contributed by atoms with Crippen LogP contribution < -0.4 is 5.43 Å². The molecule has 0 fully saturated rings. The Morgan fingerprint density at radius 2 is 2.00 bits per heavy atom. The lowest BCUT2D eigenvalue weighted by Gasteiger charge is -1.99. The molecule has 0 aliphatic heterocycles. The Morgan fingerprint density at radius 1 is 1.43 bits per heavy atom. The molecule has 14 heavy (non-hydrogen) atoms. The zero-order valence-electron chi connectivity index (χ0n) is 7.42. The van der Waals surface area contributed by atoms with Crippen LogP contribution in [0.15, 0.2) is 33.8 Å². The molecule has 0 heterocycles. The van der Waals surface area contributed by atoms with Gasteiger partial charge in [-0.1, -0.05) is 27.5 Å². The number of nitrogens with zero attached hydrogens (tertiary/aromatic N) is 1. The number of hydrazone groups is 1. The van der Waals surface area contributed by atoms with Gasteiger partial charge in [-0.3, -0.25) is 10.2 Å². The largest absolute Gasteiger partial charge is 0.292 e. The van der Waals surface area contributed by atoms with Crippen LogP contribution in [-0.4, -0.2) is 11.0 Å². The predicted octanol–water partition coefficient (Wildman–Crippen LogP) is 3.00. The van der Waals surface area contributed by atoms with Crippen molar-refractivity contribution in [3.8, 4) is 0 Å². The van der Waals surface area contributed by atoms with E-state index in [1.54, 1.807) is 0 Å². The van der Waals surface area contributed by atoms with Gasteiger partial charge in [0.25, 0.3) is 0 Å². The Balaban J connectivity index is 2.66. The number of Topliss-reactive ketones (excluding diaryl/α,β-unsaturated/α-hetero) is 1. The Hall–Kier alpha value is -0.870. The lowest BCUT2D eigenvalue weighted by Crippen LogP contribution is -2.04. The first-order valence-corrected chi connectivity index (χ1v) is 5.02. The van der Waals surface area contributed by atoms with Crippen LogP contribution in [-0.2, 0) is 4.79 Å². The van der Waals surface area contributed by atoms with Crippen molar-refractivity contribution in [2.45, 2.75) is 6.92 Å². The number of hydrogen-bond acceptors (Lipinski definition) is 3. The number of anilines is 1. The zero-order chi connectivity index (χ0) is 10.6. The molecule has 1 rings (SSSR count). The Morgan fingerprint density at radius 3 is 2.50 bits per heavy atom. The van der Waals surface area contributed by atoms with Gasteiger partial charge in [-0.25, -0.2) is 0 Å². The maximum Gasteiger partial charge on any atom is 0.191 e. The number of hydrogen-bond donors (Lipinski definition) is 1. The van der Waals surface area contributed by atoms with Crippen molar-refractivity contribution >= 4 is 44.2 Å². The van der Waals surface area contributed by atoms with Gasteiger partial charge in [0.05, 0.1) is 5.69 Å². The smallest absolute Gasteiger partial charge is 0.191 e. The molecular weight excluding hydrogens is 267 g/mol. The number of carbonyl (C=O) groups excluding carboxylic acids is 1. The number of ketones is 1. The highest BCUT2D eigenvalue weighted by atomic mass is 79.9. The molecule has 0 saturated carbocycles. The number of halogens is 2. The van der Waals surface area contributed by atoms with Crippen molar-refractivity contribution in [2.75, 3.05) is 5.43 Å². The first-order valence-electron chi connectivity index (χ1n) is 3.85. The SMILES string of the molecule is CC(=O)C(Cl)=NNc1ccc(Br)cc1. The third kappa shape index (κ3) is 3.47. The molecule has 0 spiro atoms. The summed E-state index contributed by atoms with van der Waals surface area (Å²) < 4.78 is 0.977. The van der Waals surface area contributed by atoms with Gasteiger partial charge in [0.15, 0.2) is 11.0 Å². The molecule has 5 heteroatoms. The summed E-state index contributed by atoms with van der Waals surface area (Å²) in [7, 11) is 0. The Bertz CT molecular complexity index is 362. The summed E-state index contributed by atoms with van der Waals surface area (Å²) >= 11 is 8.83. The van der Waals surface area contributed by atoms with E-state index in [1.165, 1.54) is 6.92 Å². The first kappa shape index (κ1) is 11.2. The van der Waals surface area contributed by atoms with Crippen LogP contribution in [0, 0.1) is 0 Å². The van der Waals surface area contributed by atoms with Crippen LogP contribution in [0.5, 0.6) is 0 Å². The lowest BCUT2D eigenvalue weighted by molar-refractivity contribution is -0.110. The van der Waals surface area contributed by atoms with Crippen molar-refractivity contribution in [3.05, 3.63) is 28.7 Å². The standard InChI is InChI=1S/C9H8BrClN2O/c1-6(14)9(11)13-12-8-4-2-7(10)3-5-8/h2-5,12H,1H3. The molecule has 0 aliphatic rings. The van der Waals surface area contributed by atoms with Gasteiger partial charge < -0.3 is 0 Å². The minimum Gasteiger partial charge on any atom is -0.292 e. The van der Waals surface area contributed by atoms with Gasteiger partial charge in [0, 0.05) is 11.4 Å². The molecule has 1 aromatic carbocycles. The van der Waals surface area contributed by atoms with Crippen molar-refractivity contribution in [1.29, 1.82) is 0 Å². The van der Waals surface area contributed by atoms with Crippen LogP contribution in [0.1, 0.15) is 6.92 Å². The van der Waals surface area contributed by atoms with Gasteiger partial charge in [-0.05, 0) is 24.3 Å². The second-order valence-electron chi connectivity index (χ2n) is 2.58. The van der Waals surface area contributed by atoms with Gasteiger partial charge in [-0.15, -0.1) is 0 Å². The fraction of sp³-hybridized carbons (Fsp3) is 0.111. The summed E-state index contributed by atoms with van der Waals surface area (Å²) in [5, 5.41) is 3.63. The zero-order valence-corrected chi connectivity index (χ0v) is 9.76. The van der Waals surface area contributed by atoms with Crippen molar-refractivity contribution < 1.29 is 4.79 Å². The third-order valence-electron chi connectivity index (χ3n) is 1.42. The normalized spacial score (nSPS) is 11.2. The van der Waals surface area contributed by atoms with Gasteiger partial charge >= 0.3 is 0 Å². The second-order valence-corrected chi connectivity index (χ2v) is 3.85. The van der Waals surface area contributed by atoms with E-state index in [0.29, 0.717) is 0 Å². The molecule has 0 amide bonds. The minimum absolute atomic E-state index is 0.0621. The second kappa shape index (κ2) is 5.12. The van der Waals surface area contributed by atoms with E-state index in [4.69, 9.17) is 11.6 Å². The molecule has 0 unspecified atom stereocenters. The maximum absolute atomic E-state index is 10.7. The predicted molar refractivity (Wildman–Crippen MR) is 61.7 cm³/mol. The van der Waals surface area contributed by atoms with E-state index in [0.717, 1.165) is 10.2 Å². The highest BCUT2D eigenvalue weighted by Gasteiger charge is 1.99. The third-order valence-corrected chi connectivity index (χ3v) is 2.30. The molecule has 0 atom stereocenters. The Labute approximate surface area is 95.3 Å². The highest BCUT2D eigenvalue weighted by molar-refractivity contribution is 9.10. The summed E-state index contributed by atoms with van der Waals surface area (Å²) in [6.07, 6.45) is 0. The molecule has 1 N–H and O–H groups in total. The minimum atomic E-state index is -0.267. The van der Waals surface area contributed by atoms with Gasteiger partial charge in [-0.2, -0.15) is 5.10 Å². The molecule has 0 bridgehead atoms. The van der Waals surface area contributed by atoms with Crippen molar-refractivity contribution in [3.63, 3.8) is 0 Å². The molecular formula is C9H8BrClN2O. The number of rotatable bonds is 3. The average Bonchev–Trinajstić information content (AvgIpc) is 2.16. The van der Waals surface area contributed by atoms with Crippen LogP contribution in [0.4, 0.5) is 5.69 Å². The van der Waals surface area contributed by atoms with Crippen LogP contribution in [0.25, 0.3) is 0 Å². The summed E-state index contributed by atoms with van der Waals surface area (Å²) in [6.45, 7) is 1.36. The number of nitrogens with one attached hydrogen (secondary N) is 1. The molecule has 0 aliphatic carbocycles. The summed E-state index contributed by atoms with van der Waals surface area (Å²) in [5.74, 6) is -0.267. The number of carbonyl (C=O) groups is 1. The molecule has 1 aromatic rings. The van der Waals surface area contributed by atoms with E-state index < -0.39 is 0 Å². The van der Waals surface area contributed by atoms with Crippen molar-refractivity contribution in [1.82, 2.24) is 0 Å². The van der Waals surface area contributed by atoms with E-state index in [1.807, 2.05) is 24.3 Å². The topological polar surface area (TPSA) is 41.5 Å². The average molecular weight is 276 g/mol. The maximum atomic E-state index is 10.7. The van der Waals surface area contributed by atoms with Crippen molar-refractivity contribution in [2.24, 2.45) is 5.10 Å². The fourth-order valence-corrected chi connectivity index (χ4v) is 1.02. The van der Waals surface area contributed by atoms with E-state index in [-0.39, 0.29) is 11.0 Å². The monoisotopic (exact) mass is 274 g/mol.